The van der Waals surface area contributed by atoms with E-state index in [2.05, 4.69) is 10.0 Å². The van der Waals surface area contributed by atoms with E-state index < -0.39 is 16.1 Å². The molecule has 1 unspecified atom stereocenters. The molecule has 1 rings (SSSR count). The van der Waals surface area contributed by atoms with E-state index in [9.17, 15) is 18.6 Å². The molecule has 4 N–H and O–H groups in total. The molecule has 1 aromatic rings. The summed E-state index contributed by atoms with van der Waals surface area (Å²) in [4.78, 5) is 0. The van der Waals surface area contributed by atoms with Gasteiger partial charge in [-0.05, 0) is 6.07 Å². The lowest BCUT2D eigenvalue weighted by Crippen LogP contribution is -2.28. The molecule has 0 radical (unpaired) electrons. The molecule has 7 heteroatoms. The van der Waals surface area contributed by atoms with Gasteiger partial charge in [-0.1, -0.05) is 26.0 Å². The number of benzene rings is 1. The van der Waals surface area contributed by atoms with Gasteiger partial charge in [0.15, 0.2) is 0 Å². The van der Waals surface area contributed by atoms with Crippen molar-refractivity contribution in [3.8, 4) is 5.75 Å². The first-order valence-corrected chi connectivity index (χ1v) is 7.81. The average molecular weight is 288 g/mol. The first kappa shape index (κ1) is 15.7. The maximum atomic E-state index is 11.2. The number of rotatable bonds is 6. The molecule has 0 saturated heterocycles. The number of hydrogen-bond donors (Lipinski definition) is 4. The van der Waals surface area contributed by atoms with Gasteiger partial charge in [0.25, 0.3) is 0 Å². The Balaban J connectivity index is 2.94. The molecule has 0 aliphatic heterocycles. The predicted octanol–water partition coefficient (Wildman–Crippen LogP) is 0.795. The largest absolute Gasteiger partial charge is 0.505 e. The van der Waals surface area contributed by atoms with Gasteiger partial charge in [-0.15, -0.1) is 0 Å². The molecule has 19 heavy (non-hydrogen) atoms. The van der Waals surface area contributed by atoms with E-state index in [0.717, 1.165) is 6.26 Å². The summed E-state index contributed by atoms with van der Waals surface area (Å²) in [6.45, 7) is 4.15. The van der Waals surface area contributed by atoms with E-state index in [0.29, 0.717) is 0 Å². The standard InChI is InChI=1S/C12H20N2O4S/c1-8(2)13-7-11(15)9-5-4-6-10(12(9)16)14-19(3,17)18/h4-6,8,11,13-16H,7H2,1-3H3. The van der Waals surface area contributed by atoms with Crippen LogP contribution >= 0.6 is 0 Å². The second-order valence-electron chi connectivity index (χ2n) is 4.70. The average Bonchev–Trinajstić information content (AvgIpc) is 2.27. The first-order valence-electron chi connectivity index (χ1n) is 5.92. The van der Waals surface area contributed by atoms with Crippen molar-refractivity contribution in [2.45, 2.75) is 26.0 Å². The minimum absolute atomic E-state index is 0.0589. The van der Waals surface area contributed by atoms with Crippen LogP contribution in [0.2, 0.25) is 0 Å². The molecule has 1 atom stereocenters. The Morgan fingerprint density at radius 3 is 2.47 bits per heavy atom. The zero-order valence-electron chi connectivity index (χ0n) is 11.2. The van der Waals surface area contributed by atoms with Crippen LogP contribution < -0.4 is 10.0 Å². The van der Waals surface area contributed by atoms with Crippen LogP contribution in [0.5, 0.6) is 5.75 Å². The third kappa shape index (κ3) is 5.06. The van der Waals surface area contributed by atoms with Gasteiger partial charge in [0.2, 0.25) is 10.0 Å². The lowest BCUT2D eigenvalue weighted by Gasteiger charge is -2.17. The van der Waals surface area contributed by atoms with Crippen LogP contribution in [0.3, 0.4) is 0 Å². The van der Waals surface area contributed by atoms with Crippen LogP contribution in [0.1, 0.15) is 25.5 Å². The molecule has 0 aliphatic rings. The first-order chi connectivity index (χ1) is 8.70. The van der Waals surface area contributed by atoms with Gasteiger partial charge in [-0.2, -0.15) is 0 Å². The van der Waals surface area contributed by atoms with Crippen LogP contribution in [-0.2, 0) is 10.0 Å². The predicted molar refractivity (Wildman–Crippen MR) is 74.7 cm³/mol. The number of aliphatic hydroxyl groups is 1. The molecule has 0 aromatic heterocycles. The summed E-state index contributed by atoms with van der Waals surface area (Å²) in [6.07, 6.45) is 0.0827. The van der Waals surface area contributed by atoms with Crippen molar-refractivity contribution >= 4 is 15.7 Å². The van der Waals surface area contributed by atoms with Gasteiger partial charge in [0, 0.05) is 18.2 Å². The van der Waals surface area contributed by atoms with Crippen molar-refractivity contribution in [1.29, 1.82) is 0 Å². The van der Waals surface area contributed by atoms with E-state index >= 15 is 0 Å². The van der Waals surface area contributed by atoms with Crippen molar-refractivity contribution in [2.75, 3.05) is 17.5 Å². The summed E-state index contributed by atoms with van der Waals surface area (Å²) < 4.78 is 24.5. The van der Waals surface area contributed by atoms with Crippen molar-refractivity contribution in [2.24, 2.45) is 0 Å². The number of phenolic OH excluding ortho intramolecular Hbond substituents is 1. The number of para-hydroxylation sites is 1. The zero-order chi connectivity index (χ0) is 14.6. The van der Waals surface area contributed by atoms with Crippen molar-refractivity contribution in [3.63, 3.8) is 0 Å². The Bertz CT molecular complexity index is 529. The molecule has 0 fully saturated rings. The second-order valence-corrected chi connectivity index (χ2v) is 6.44. The van der Waals surface area contributed by atoms with Crippen LogP contribution in [0, 0.1) is 0 Å². The quantitative estimate of drug-likeness (QED) is 0.580. The molecular weight excluding hydrogens is 268 g/mol. The molecule has 0 heterocycles. The van der Waals surface area contributed by atoms with Crippen molar-refractivity contribution in [3.05, 3.63) is 23.8 Å². The molecule has 108 valence electrons. The number of sulfonamides is 1. The summed E-state index contributed by atoms with van der Waals surface area (Å²) in [5.41, 5.74) is 0.338. The Morgan fingerprint density at radius 1 is 1.32 bits per heavy atom. The minimum atomic E-state index is -3.48. The van der Waals surface area contributed by atoms with Crippen molar-refractivity contribution < 1.29 is 18.6 Å². The second kappa shape index (κ2) is 6.23. The Morgan fingerprint density at radius 2 is 1.95 bits per heavy atom. The van der Waals surface area contributed by atoms with Gasteiger partial charge in [-0.25, -0.2) is 8.42 Å². The lowest BCUT2D eigenvalue weighted by molar-refractivity contribution is 0.168. The molecule has 0 spiro atoms. The maximum Gasteiger partial charge on any atom is 0.229 e. The van der Waals surface area contributed by atoms with Crippen LogP contribution in [0.4, 0.5) is 5.69 Å². The van der Waals surface area contributed by atoms with Gasteiger partial charge in [0.05, 0.1) is 18.0 Å². The highest BCUT2D eigenvalue weighted by molar-refractivity contribution is 7.92. The smallest absolute Gasteiger partial charge is 0.229 e. The highest BCUT2D eigenvalue weighted by Crippen LogP contribution is 2.32. The number of nitrogens with one attached hydrogen (secondary N) is 2. The van der Waals surface area contributed by atoms with E-state index in [1.807, 2.05) is 13.8 Å². The van der Waals surface area contributed by atoms with Gasteiger partial charge in [0.1, 0.15) is 5.75 Å². The molecule has 6 nitrogen and oxygen atoms in total. The Kier molecular flexibility index (Phi) is 5.16. The van der Waals surface area contributed by atoms with E-state index in [1.165, 1.54) is 6.07 Å². The fraction of sp³-hybridized carbons (Fsp3) is 0.500. The fourth-order valence-corrected chi connectivity index (χ4v) is 2.13. The molecule has 0 saturated carbocycles. The van der Waals surface area contributed by atoms with Gasteiger partial charge >= 0.3 is 0 Å². The zero-order valence-corrected chi connectivity index (χ0v) is 12.0. The summed E-state index contributed by atoms with van der Waals surface area (Å²) in [5, 5.41) is 23.0. The fourth-order valence-electron chi connectivity index (χ4n) is 1.57. The Hall–Kier alpha value is -1.31. The summed E-state index contributed by atoms with van der Waals surface area (Å²) in [7, 11) is -3.48. The molecule has 0 aliphatic carbocycles. The van der Waals surface area contributed by atoms with Crippen LogP contribution in [0.25, 0.3) is 0 Å². The summed E-state index contributed by atoms with van der Waals surface area (Å²) in [5.74, 6) is -0.258. The molecule has 1 aromatic carbocycles. The third-order valence-electron chi connectivity index (χ3n) is 2.44. The monoisotopic (exact) mass is 288 g/mol. The van der Waals surface area contributed by atoms with Crippen LogP contribution in [0.15, 0.2) is 18.2 Å². The maximum absolute atomic E-state index is 11.2. The molecule has 0 bridgehead atoms. The molecular formula is C12H20N2O4S. The van der Waals surface area contributed by atoms with E-state index in [4.69, 9.17) is 0 Å². The number of phenols is 1. The minimum Gasteiger partial charge on any atom is -0.505 e. The SMILES string of the molecule is CC(C)NCC(O)c1cccc(NS(C)(=O)=O)c1O. The number of aliphatic hydroxyl groups excluding tert-OH is 1. The van der Waals surface area contributed by atoms with E-state index in [-0.39, 0.29) is 29.6 Å². The summed E-state index contributed by atoms with van der Waals surface area (Å²) in [6, 6.07) is 4.76. The molecule has 0 amide bonds. The highest BCUT2D eigenvalue weighted by atomic mass is 32.2. The van der Waals surface area contributed by atoms with Crippen LogP contribution in [-0.4, -0.2) is 37.5 Å². The topological polar surface area (TPSA) is 98.7 Å². The number of aromatic hydroxyl groups is 1. The highest BCUT2D eigenvalue weighted by Gasteiger charge is 2.16. The Labute approximate surface area is 113 Å². The number of hydrogen-bond acceptors (Lipinski definition) is 5. The van der Waals surface area contributed by atoms with Crippen molar-refractivity contribution in [1.82, 2.24) is 5.32 Å². The van der Waals surface area contributed by atoms with E-state index in [1.54, 1.807) is 12.1 Å². The third-order valence-corrected chi connectivity index (χ3v) is 3.03. The van der Waals surface area contributed by atoms with Gasteiger partial charge < -0.3 is 15.5 Å². The van der Waals surface area contributed by atoms with Gasteiger partial charge in [-0.3, -0.25) is 4.72 Å². The lowest BCUT2D eigenvalue weighted by atomic mass is 10.1. The number of anilines is 1. The summed E-state index contributed by atoms with van der Waals surface area (Å²) >= 11 is 0. The normalized spacial score (nSPS) is 13.5.